The molecule has 0 bridgehead atoms. The average molecular weight is 599 g/mol. The summed E-state index contributed by atoms with van der Waals surface area (Å²) in [5, 5.41) is 26.2. The molecule has 13 heteroatoms. The van der Waals surface area contributed by atoms with Crippen molar-refractivity contribution in [2.24, 2.45) is 5.92 Å². The normalized spacial score (nSPS) is 17.4. The number of nitrogens with one attached hydrogen (secondary N) is 2. The standard InChI is InChI=1S/C24H13Cl5N4O4/c25-13-5-11(6-14(26)8-13)20-21(24(20,28)29)23(35)31-15-1-3-18(27)17(9-15)22(34)32-19-4-2-16(33(36)37)7-12(19)10-30/h1-9,20-21H,(H,31,35)(H,32,34)/t20-,21+/m0/s1. The van der Waals surface area contributed by atoms with Crippen LogP contribution in [0.2, 0.25) is 15.1 Å². The highest BCUT2D eigenvalue weighted by atomic mass is 35.5. The summed E-state index contributed by atoms with van der Waals surface area (Å²) >= 11 is 31.1. The molecule has 0 aromatic heterocycles. The van der Waals surface area contributed by atoms with Crippen molar-refractivity contribution in [3.8, 4) is 6.07 Å². The molecule has 0 aliphatic heterocycles. The molecule has 3 aromatic rings. The number of carbonyl (C=O) groups is 2. The van der Waals surface area contributed by atoms with Gasteiger partial charge in [-0.05, 0) is 48.0 Å². The number of hydrogen-bond acceptors (Lipinski definition) is 5. The number of benzene rings is 3. The van der Waals surface area contributed by atoms with E-state index in [1.165, 1.54) is 24.3 Å². The van der Waals surface area contributed by atoms with Crippen molar-refractivity contribution in [3.05, 3.63) is 96.5 Å². The molecule has 3 aromatic carbocycles. The van der Waals surface area contributed by atoms with E-state index in [0.29, 0.717) is 15.6 Å². The van der Waals surface area contributed by atoms with Crippen LogP contribution in [-0.4, -0.2) is 21.1 Å². The molecule has 37 heavy (non-hydrogen) atoms. The van der Waals surface area contributed by atoms with Gasteiger partial charge in [0.1, 0.15) is 10.4 Å². The van der Waals surface area contributed by atoms with Gasteiger partial charge >= 0.3 is 0 Å². The Morgan fingerprint density at radius 2 is 1.65 bits per heavy atom. The van der Waals surface area contributed by atoms with Crippen molar-refractivity contribution < 1.29 is 14.5 Å². The minimum atomic E-state index is -1.39. The minimum Gasteiger partial charge on any atom is -0.326 e. The number of alkyl halides is 2. The van der Waals surface area contributed by atoms with Gasteiger partial charge in [-0.2, -0.15) is 5.26 Å². The van der Waals surface area contributed by atoms with Crippen LogP contribution < -0.4 is 10.6 Å². The largest absolute Gasteiger partial charge is 0.326 e. The van der Waals surface area contributed by atoms with Gasteiger partial charge in [0, 0.05) is 33.8 Å². The van der Waals surface area contributed by atoms with Crippen LogP contribution in [0.3, 0.4) is 0 Å². The van der Waals surface area contributed by atoms with Crippen LogP contribution in [0.25, 0.3) is 0 Å². The first-order valence-corrected chi connectivity index (χ1v) is 12.3. The topological polar surface area (TPSA) is 125 Å². The summed E-state index contributed by atoms with van der Waals surface area (Å²) in [7, 11) is 0. The first-order chi connectivity index (χ1) is 17.4. The molecule has 2 atom stereocenters. The zero-order valence-electron chi connectivity index (χ0n) is 18.3. The fourth-order valence-electron chi connectivity index (χ4n) is 3.86. The highest BCUT2D eigenvalue weighted by Crippen LogP contribution is 2.65. The van der Waals surface area contributed by atoms with Gasteiger partial charge in [0.15, 0.2) is 0 Å². The molecule has 0 saturated heterocycles. The molecule has 188 valence electrons. The van der Waals surface area contributed by atoms with Gasteiger partial charge in [-0.25, -0.2) is 0 Å². The van der Waals surface area contributed by atoms with Crippen LogP contribution in [-0.2, 0) is 4.79 Å². The number of rotatable bonds is 6. The molecule has 8 nitrogen and oxygen atoms in total. The summed E-state index contributed by atoms with van der Waals surface area (Å²) in [5.74, 6) is -2.58. The van der Waals surface area contributed by atoms with E-state index in [-0.39, 0.29) is 33.2 Å². The number of nitro benzene ring substituents is 1. The van der Waals surface area contributed by atoms with E-state index >= 15 is 0 Å². The highest BCUT2D eigenvalue weighted by molar-refractivity contribution is 6.53. The smallest absolute Gasteiger partial charge is 0.270 e. The Hall–Kier alpha value is -3.06. The molecule has 1 aliphatic rings. The summed E-state index contributed by atoms with van der Waals surface area (Å²) in [6.45, 7) is 0. The van der Waals surface area contributed by atoms with Crippen LogP contribution in [0, 0.1) is 27.4 Å². The van der Waals surface area contributed by atoms with Gasteiger partial charge in [-0.15, -0.1) is 23.2 Å². The number of non-ortho nitro benzene ring substituents is 1. The number of nitro groups is 1. The molecule has 2 amide bonds. The van der Waals surface area contributed by atoms with Crippen LogP contribution >= 0.6 is 58.0 Å². The van der Waals surface area contributed by atoms with E-state index in [9.17, 15) is 25.0 Å². The van der Waals surface area contributed by atoms with Gasteiger partial charge in [-0.1, -0.05) is 34.8 Å². The van der Waals surface area contributed by atoms with Gasteiger partial charge < -0.3 is 10.6 Å². The quantitative estimate of drug-likeness (QED) is 0.176. The van der Waals surface area contributed by atoms with Crippen LogP contribution in [0.5, 0.6) is 0 Å². The van der Waals surface area contributed by atoms with Crippen LogP contribution in [0.15, 0.2) is 54.6 Å². The Morgan fingerprint density at radius 3 is 2.27 bits per heavy atom. The highest BCUT2D eigenvalue weighted by Gasteiger charge is 2.67. The van der Waals surface area contributed by atoms with Crippen molar-refractivity contribution in [3.63, 3.8) is 0 Å². The SMILES string of the molecule is N#Cc1cc([N+](=O)[O-])ccc1NC(=O)c1cc(NC(=O)[C@H]2[C@H](c3cc(Cl)cc(Cl)c3)C2(Cl)Cl)ccc1Cl. The number of anilines is 2. The summed E-state index contributed by atoms with van der Waals surface area (Å²) in [6, 6.07) is 14.3. The number of carbonyl (C=O) groups excluding carboxylic acids is 2. The lowest BCUT2D eigenvalue weighted by molar-refractivity contribution is -0.384. The van der Waals surface area contributed by atoms with Gasteiger partial charge in [0.05, 0.1) is 32.7 Å². The number of amides is 2. The first-order valence-electron chi connectivity index (χ1n) is 10.4. The zero-order chi connectivity index (χ0) is 27.1. The number of hydrogen-bond donors (Lipinski definition) is 2. The lowest BCUT2D eigenvalue weighted by Gasteiger charge is -2.11. The Morgan fingerprint density at radius 1 is 0.973 bits per heavy atom. The predicted octanol–water partition coefficient (Wildman–Crippen LogP) is 7.20. The third-order valence-electron chi connectivity index (χ3n) is 5.64. The first kappa shape index (κ1) is 27.0. The zero-order valence-corrected chi connectivity index (χ0v) is 22.0. The number of nitrogens with zero attached hydrogens (tertiary/aromatic N) is 2. The van der Waals surface area contributed by atoms with E-state index in [4.69, 9.17) is 58.0 Å². The van der Waals surface area contributed by atoms with E-state index < -0.39 is 32.9 Å². The Bertz CT molecular complexity index is 1480. The van der Waals surface area contributed by atoms with Crippen molar-refractivity contribution in [2.45, 2.75) is 10.3 Å². The lowest BCUT2D eigenvalue weighted by atomic mass is 10.1. The van der Waals surface area contributed by atoms with Crippen LogP contribution in [0.1, 0.15) is 27.4 Å². The minimum absolute atomic E-state index is 0.0151. The molecule has 2 N–H and O–H groups in total. The predicted molar refractivity (Wildman–Crippen MR) is 143 cm³/mol. The molecule has 4 rings (SSSR count). The number of halogens is 5. The fraction of sp³-hybridized carbons (Fsp3) is 0.125. The summed E-state index contributed by atoms with van der Waals surface area (Å²) in [6.07, 6.45) is 0. The summed E-state index contributed by atoms with van der Waals surface area (Å²) in [5.41, 5.74) is 0.477. The van der Waals surface area contributed by atoms with Crippen molar-refractivity contribution >= 4 is 86.9 Å². The Balaban J connectivity index is 1.53. The molecular formula is C24H13Cl5N4O4. The van der Waals surface area contributed by atoms with E-state index in [0.717, 1.165) is 12.1 Å². The van der Waals surface area contributed by atoms with E-state index in [2.05, 4.69) is 10.6 Å². The maximum absolute atomic E-state index is 13.0. The van der Waals surface area contributed by atoms with Crippen molar-refractivity contribution in [1.29, 1.82) is 5.26 Å². The molecule has 0 radical (unpaired) electrons. The van der Waals surface area contributed by atoms with E-state index in [1.54, 1.807) is 24.3 Å². The Kier molecular flexibility index (Phi) is 7.56. The second kappa shape index (κ2) is 10.4. The van der Waals surface area contributed by atoms with Crippen molar-refractivity contribution in [2.75, 3.05) is 10.6 Å². The summed E-state index contributed by atoms with van der Waals surface area (Å²) < 4.78 is -1.39. The molecule has 0 heterocycles. The van der Waals surface area contributed by atoms with Gasteiger partial charge in [0.25, 0.3) is 11.6 Å². The molecule has 0 spiro atoms. The van der Waals surface area contributed by atoms with E-state index in [1.807, 2.05) is 0 Å². The van der Waals surface area contributed by atoms with Gasteiger partial charge in [-0.3, -0.25) is 19.7 Å². The maximum Gasteiger partial charge on any atom is 0.270 e. The molecule has 1 fully saturated rings. The third kappa shape index (κ3) is 5.61. The fourth-order valence-corrected chi connectivity index (χ4v) is 5.43. The lowest BCUT2D eigenvalue weighted by Crippen LogP contribution is -2.18. The van der Waals surface area contributed by atoms with Crippen molar-refractivity contribution in [1.82, 2.24) is 0 Å². The average Bonchev–Trinajstić information content (AvgIpc) is 3.41. The second-order valence-electron chi connectivity index (χ2n) is 8.07. The monoisotopic (exact) mass is 596 g/mol. The maximum atomic E-state index is 13.0. The number of nitriles is 1. The molecule has 1 saturated carbocycles. The molecule has 1 aliphatic carbocycles. The summed E-state index contributed by atoms with van der Waals surface area (Å²) in [4.78, 5) is 36.2. The second-order valence-corrected chi connectivity index (χ2v) is 10.8. The molecule has 0 unspecified atom stereocenters. The van der Waals surface area contributed by atoms with Crippen LogP contribution in [0.4, 0.5) is 17.1 Å². The molecular weight excluding hydrogens is 586 g/mol. The Labute approximate surface area is 235 Å². The van der Waals surface area contributed by atoms with Gasteiger partial charge in [0.2, 0.25) is 5.91 Å². The third-order valence-corrected chi connectivity index (χ3v) is 7.35.